The Morgan fingerprint density at radius 1 is 1.50 bits per heavy atom. The van der Waals surface area contributed by atoms with Crippen LogP contribution in [0.25, 0.3) is 0 Å². The molecule has 0 spiro atoms. The molecule has 10 heavy (non-hydrogen) atoms. The van der Waals surface area contributed by atoms with E-state index in [2.05, 4.69) is 0 Å². The minimum absolute atomic E-state index is 0.257. The van der Waals surface area contributed by atoms with Crippen LogP contribution in [0.4, 0.5) is 0 Å². The number of hydrogen-bond acceptors (Lipinski definition) is 2. The van der Waals surface area contributed by atoms with Gasteiger partial charge < -0.3 is 9.84 Å². The molecular formula is C6H10B2O2. The van der Waals surface area contributed by atoms with Crippen LogP contribution in [-0.2, 0) is 4.74 Å². The van der Waals surface area contributed by atoms with Crippen LogP contribution >= 0.6 is 0 Å². The van der Waals surface area contributed by atoms with Gasteiger partial charge >= 0.3 is 0 Å². The largest absolute Gasteiger partial charge is 0.391 e. The summed E-state index contributed by atoms with van der Waals surface area (Å²) >= 11 is 0. The summed E-state index contributed by atoms with van der Waals surface area (Å²) < 4.78 is 5.01. The number of aliphatic hydroxyl groups is 1. The van der Waals surface area contributed by atoms with Crippen LogP contribution in [0.5, 0.6) is 0 Å². The minimum Gasteiger partial charge on any atom is -0.391 e. The molecule has 1 heterocycles. The highest BCUT2D eigenvalue weighted by atomic mass is 16.5. The molecule has 0 amide bonds. The van der Waals surface area contributed by atoms with Crippen LogP contribution < -0.4 is 0 Å². The Balaban J connectivity index is 2.41. The van der Waals surface area contributed by atoms with E-state index in [0.29, 0.717) is 6.42 Å². The van der Waals surface area contributed by atoms with E-state index in [9.17, 15) is 0 Å². The molecule has 0 aromatic rings. The Kier molecular flexibility index (Phi) is 2.42. The average Bonchev–Trinajstić information content (AvgIpc) is 1.94. The summed E-state index contributed by atoms with van der Waals surface area (Å²) in [7, 11) is 11.0. The van der Waals surface area contributed by atoms with Gasteiger partial charge in [0.1, 0.15) is 0 Å². The molecule has 4 heteroatoms. The van der Waals surface area contributed by atoms with Crippen LogP contribution in [0.3, 0.4) is 0 Å². The second-order valence-electron chi connectivity index (χ2n) is 2.81. The van der Waals surface area contributed by atoms with E-state index >= 15 is 0 Å². The molecular weight excluding hydrogens is 126 g/mol. The second kappa shape index (κ2) is 2.97. The number of hydrogen-bond donors (Lipinski definition) is 1. The topological polar surface area (TPSA) is 29.5 Å². The maximum Gasteiger partial charge on any atom is 0.0993 e. The first-order valence-electron chi connectivity index (χ1n) is 3.50. The Morgan fingerprint density at radius 2 is 2.20 bits per heavy atom. The first-order valence-corrected chi connectivity index (χ1v) is 3.50. The molecule has 0 aromatic heterocycles. The summed E-state index contributed by atoms with van der Waals surface area (Å²) in [5.74, 6) is 0. The predicted molar refractivity (Wildman–Crippen MR) is 40.0 cm³/mol. The molecule has 2 nitrogen and oxygen atoms in total. The Morgan fingerprint density at radius 3 is 2.90 bits per heavy atom. The van der Waals surface area contributed by atoms with Gasteiger partial charge in [-0.05, 0) is 24.7 Å². The third kappa shape index (κ3) is 2.35. The lowest BCUT2D eigenvalue weighted by atomic mass is 9.63. The first-order chi connectivity index (χ1) is 4.60. The van der Waals surface area contributed by atoms with E-state index < -0.39 is 11.5 Å². The zero-order valence-electron chi connectivity index (χ0n) is 5.92. The lowest BCUT2D eigenvalue weighted by Crippen LogP contribution is -2.33. The highest BCUT2D eigenvalue weighted by Crippen LogP contribution is 2.17. The van der Waals surface area contributed by atoms with Gasteiger partial charge in [-0.2, -0.15) is 0 Å². The molecule has 1 aliphatic rings. The molecule has 1 rings (SSSR count). The average molecular weight is 136 g/mol. The predicted octanol–water partition coefficient (Wildman–Crippen LogP) is -0.461. The lowest BCUT2D eigenvalue weighted by molar-refractivity contribution is 0.0194. The maximum atomic E-state index is 9.09. The van der Waals surface area contributed by atoms with Crippen molar-refractivity contribution in [3.8, 4) is 0 Å². The quantitative estimate of drug-likeness (QED) is 0.456. The summed E-state index contributed by atoms with van der Waals surface area (Å²) in [5, 5.41) is 8.07. The Hall–Kier alpha value is 0.0499. The smallest absolute Gasteiger partial charge is 0.0993 e. The second-order valence-corrected chi connectivity index (χ2v) is 2.81. The highest BCUT2D eigenvalue weighted by Gasteiger charge is 2.22. The van der Waals surface area contributed by atoms with Gasteiger partial charge in [-0.15, -0.1) is 0 Å². The lowest BCUT2D eigenvalue weighted by Gasteiger charge is -2.23. The van der Waals surface area contributed by atoms with Gasteiger partial charge in [0.2, 0.25) is 0 Å². The van der Waals surface area contributed by atoms with Crippen LogP contribution in [0.15, 0.2) is 0 Å². The molecule has 52 valence electrons. The van der Waals surface area contributed by atoms with Gasteiger partial charge in [0.25, 0.3) is 0 Å². The van der Waals surface area contributed by atoms with Crippen molar-refractivity contribution in [2.45, 2.75) is 30.8 Å². The molecule has 0 aliphatic carbocycles. The van der Waals surface area contributed by atoms with Gasteiger partial charge in [-0.1, -0.05) is 0 Å². The SMILES string of the molecule is [B]C1([B])CCCC(O)CO1. The van der Waals surface area contributed by atoms with E-state index in [-0.39, 0.29) is 6.61 Å². The molecule has 1 saturated heterocycles. The third-order valence-corrected chi connectivity index (χ3v) is 1.65. The van der Waals surface area contributed by atoms with Gasteiger partial charge in [-0.3, -0.25) is 0 Å². The zero-order chi connectivity index (χ0) is 7.61. The molecule has 1 fully saturated rings. The summed E-state index contributed by atoms with van der Waals surface area (Å²) in [6, 6.07) is 0. The molecule has 1 N–H and O–H groups in total. The standard InChI is InChI=1S/C6H10B2O2/c7-6(8)3-1-2-5(9)4-10-6/h5,9H,1-4H2. The highest BCUT2D eigenvalue weighted by molar-refractivity contribution is 6.39. The number of rotatable bonds is 0. The molecule has 1 aliphatic heterocycles. The van der Waals surface area contributed by atoms with E-state index in [1.807, 2.05) is 0 Å². The normalized spacial score (nSPS) is 33.1. The van der Waals surface area contributed by atoms with Crippen molar-refractivity contribution >= 4 is 15.7 Å². The fraction of sp³-hybridized carbons (Fsp3) is 1.00. The van der Waals surface area contributed by atoms with Gasteiger partial charge in [0, 0.05) is 0 Å². The van der Waals surface area contributed by atoms with Crippen LogP contribution in [-0.4, -0.2) is 38.9 Å². The number of ether oxygens (including phenoxy) is 1. The van der Waals surface area contributed by atoms with Crippen LogP contribution in [0.2, 0.25) is 0 Å². The molecule has 0 bridgehead atoms. The van der Waals surface area contributed by atoms with Crippen molar-refractivity contribution in [2.24, 2.45) is 0 Å². The summed E-state index contributed by atoms with van der Waals surface area (Å²) in [6.45, 7) is 0.257. The zero-order valence-corrected chi connectivity index (χ0v) is 5.92. The van der Waals surface area contributed by atoms with Crippen molar-refractivity contribution in [3.63, 3.8) is 0 Å². The first kappa shape index (κ1) is 8.15. The van der Waals surface area contributed by atoms with Crippen molar-refractivity contribution in [1.82, 2.24) is 0 Å². The minimum atomic E-state index is -1.02. The molecule has 4 radical (unpaired) electrons. The summed E-state index contributed by atoms with van der Waals surface area (Å²) in [4.78, 5) is 0. The summed E-state index contributed by atoms with van der Waals surface area (Å²) in [5.41, 5.74) is 0. The van der Waals surface area contributed by atoms with E-state index in [4.69, 9.17) is 25.5 Å². The van der Waals surface area contributed by atoms with E-state index in [1.54, 1.807) is 0 Å². The van der Waals surface area contributed by atoms with Crippen molar-refractivity contribution < 1.29 is 9.84 Å². The summed E-state index contributed by atoms with van der Waals surface area (Å²) in [6.07, 6.45) is 1.78. The van der Waals surface area contributed by atoms with Crippen molar-refractivity contribution in [3.05, 3.63) is 0 Å². The molecule has 1 atom stereocenters. The monoisotopic (exact) mass is 136 g/mol. The molecule has 1 unspecified atom stereocenters. The van der Waals surface area contributed by atoms with Crippen LogP contribution in [0.1, 0.15) is 19.3 Å². The van der Waals surface area contributed by atoms with Crippen molar-refractivity contribution in [1.29, 1.82) is 0 Å². The van der Waals surface area contributed by atoms with Crippen molar-refractivity contribution in [2.75, 3.05) is 6.61 Å². The fourth-order valence-corrected chi connectivity index (χ4v) is 1.02. The Labute approximate surface area is 63.8 Å². The van der Waals surface area contributed by atoms with E-state index in [1.165, 1.54) is 0 Å². The molecule has 0 saturated carbocycles. The van der Waals surface area contributed by atoms with E-state index in [0.717, 1.165) is 12.8 Å². The number of aliphatic hydroxyl groups excluding tert-OH is 1. The van der Waals surface area contributed by atoms with Gasteiger partial charge in [0.05, 0.1) is 28.4 Å². The van der Waals surface area contributed by atoms with Gasteiger partial charge in [-0.25, -0.2) is 0 Å². The van der Waals surface area contributed by atoms with Gasteiger partial charge in [0.15, 0.2) is 0 Å². The Bertz CT molecular complexity index is 116. The fourth-order valence-electron chi connectivity index (χ4n) is 1.02. The third-order valence-electron chi connectivity index (χ3n) is 1.65. The maximum absolute atomic E-state index is 9.09. The molecule has 0 aromatic carbocycles. The van der Waals surface area contributed by atoms with Crippen LogP contribution in [0, 0.1) is 0 Å².